The SMILES string of the molecule is CCCC1(C)N=C(N(C)C)C(=O)N1. The molecular weight excluding hydrogens is 166 g/mol. The molecule has 4 heteroatoms. The van der Waals surface area contributed by atoms with Gasteiger partial charge in [0.05, 0.1) is 0 Å². The summed E-state index contributed by atoms with van der Waals surface area (Å²) in [5.74, 6) is 0.455. The minimum atomic E-state index is -0.383. The number of nitrogens with one attached hydrogen (secondary N) is 1. The van der Waals surface area contributed by atoms with Crippen molar-refractivity contribution >= 4 is 11.7 Å². The Morgan fingerprint density at radius 2 is 2.15 bits per heavy atom. The topological polar surface area (TPSA) is 44.7 Å². The molecule has 0 bridgehead atoms. The van der Waals surface area contributed by atoms with E-state index in [0.29, 0.717) is 5.84 Å². The van der Waals surface area contributed by atoms with Crippen molar-refractivity contribution in [3.8, 4) is 0 Å². The van der Waals surface area contributed by atoms with E-state index in [1.165, 1.54) is 0 Å². The van der Waals surface area contributed by atoms with Gasteiger partial charge in [-0.05, 0) is 13.3 Å². The molecule has 1 atom stereocenters. The third-order valence-corrected chi connectivity index (χ3v) is 2.10. The van der Waals surface area contributed by atoms with Crippen LogP contribution in [-0.4, -0.2) is 36.4 Å². The molecule has 0 saturated heterocycles. The van der Waals surface area contributed by atoms with Gasteiger partial charge in [-0.1, -0.05) is 13.3 Å². The van der Waals surface area contributed by atoms with Crippen LogP contribution in [0.5, 0.6) is 0 Å². The van der Waals surface area contributed by atoms with Crippen molar-refractivity contribution in [1.29, 1.82) is 0 Å². The summed E-state index contributed by atoms with van der Waals surface area (Å²) in [4.78, 5) is 17.5. The lowest BCUT2D eigenvalue weighted by atomic mass is 10.1. The second-order valence-corrected chi connectivity index (χ2v) is 3.81. The first-order valence-electron chi connectivity index (χ1n) is 4.58. The van der Waals surface area contributed by atoms with Crippen LogP contribution in [0.2, 0.25) is 0 Å². The summed E-state index contributed by atoms with van der Waals surface area (Å²) in [6.45, 7) is 4.03. The minimum Gasteiger partial charge on any atom is -0.358 e. The molecule has 0 aromatic heterocycles. The molecule has 1 N–H and O–H groups in total. The average molecular weight is 183 g/mol. The Morgan fingerprint density at radius 1 is 1.54 bits per heavy atom. The zero-order valence-corrected chi connectivity index (χ0v) is 8.72. The van der Waals surface area contributed by atoms with Crippen molar-refractivity contribution in [3.05, 3.63) is 0 Å². The molecule has 74 valence electrons. The number of aliphatic imine (C=N–C) groups is 1. The summed E-state index contributed by atoms with van der Waals surface area (Å²) >= 11 is 0. The van der Waals surface area contributed by atoms with Crippen LogP contribution in [0.1, 0.15) is 26.7 Å². The summed E-state index contributed by atoms with van der Waals surface area (Å²) in [7, 11) is 3.66. The molecule has 0 aliphatic carbocycles. The number of carbonyl (C=O) groups is 1. The molecule has 4 nitrogen and oxygen atoms in total. The first-order valence-corrected chi connectivity index (χ1v) is 4.58. The van der Waals surface area contributed by atoms with Crippen LogP contribution in [-0.2, 0) is 4.79 Å². The molecule has 0 saturated carbocycles. The average Bonchev–Trinajstić information content (AvgIpc) is 2.27. The fourth-order valence-corrected chi connectivity index (χ4v) is 1.52. The van der Waals surface area contributed by atoms with Gasteiger partial charge in [0.1, 0.15) is 5.66 Å². The molecule has 0 aromatic carbocycles. The molecule has 0 radical (unpaired) electrons. The molecular formula is C9H17N3O. The van der Waals surface area contributed by atoms with Crippen LogP contribution < -0.4 is 5.32 Å². The Bertz CT molecular complexity index is 247. The van der Waals surface area contributed by atoms with Gasteiger partial charge in [0.2, 0.25) is 0 Å². The van der Waals surface area contributed by atoms with E-state index < -0.39 is 0 Å². The molecule has 1 heterocycles. The number of carbonyl (C=O) groups excluding carboxylic acids is 1. The van der Waals surface area contributed by atoms with Gasteiger partial charge in [0, 0.05) is 14.1 Å². The first-order chi connectivity index (χ1) is 5.98. The number of hydrogen-bond acceptors (Lipinski definition) is 3. The van der Waals surface area contributed by atoms with Gasteiger partial charge in [-0.25, -0.2) is 4.99 Å². The lowest BCUT2D eigenvalue weighted by molar-refractivity contribution is -0.115. The minimum absolute atomic E-state index is 0.0686. The monoisotopic (exact) mass is 183 g/mol. The van der Waals surface area contributed by atoms with Crippen molar-refractivity contribution in [3.63, 3.8) is 0 Å². The Labute approximate surface area is 79.0 Å². The highest BCUT2D eigenvalue weighted by Gasteiger charge is 2.34. The van der Waals surface area contributed by atoms with Gasteiger partial charge in [0.25, 0.3) is 5.91 Å². The largest absolute Gasteiger partial charge is 0.358 e. The first kappa shape index (κ1) is 10.0. The molecule has 1 aliphatic heterocycles. The van der Waals surface area contributed by atoms with Crippen LogP contribution in [0.25, 0.3) is 0 Å². The number of likely N-dealkylation sites (N-methyl/N-ethyl adjacent to an activating group) is 1. The predicted molar refractivity (Wildman–Crippen MR) is 52.6 cm³/mol. The summed E-state index contributed by atoms with van der Waals surface area (Å²) < 4.78 is 0. The van der Waals surface area contributed by atoms with E-state index in [-0.39, 0.29) is 11.6 Å². The van der Waals surface area contributed by atoms with Gasteiger partial charge in [-0.15, -0.1) is 0 Å². The lowest BCUT2D eigenvalue weighted by Gasteiger charge is -2.19. The van der Waals surface area contributed by atoms with Crippen molar-refractivity contribution < 1.29 is 4.79 Å². The van der Waals surface area contributed by atoms with Crippen molar-refractivity contribution in [1.82, 2.24) is 10.2 Å². The highest BCUT2D eigenvalue weighted by Crippen LogP contribution is 2.19. The number of amides is 1. The Kier molecular flexibility index (Phi) is 2.59. The third-order valence-electron chi connectivity index (χ3n) is 2.10. The third kappa shape index (κ3) is 1.99. The number of rotatable bonds is 2. The molecule has 13 heavy (non-hydrogen) atoms. The van der Waals surface area contributed by atoms with Gasteiger partial charge in [0.15, 0.2) is 5.84 Å². The standard InChI is InChI=1S/C9H17N3O/c1-5-6-9(2)10-7(12(3)4)8(13)11-9/h5-6H2,1-4H3,(H,11,13). The van der Waals surface area contributed by atoms with Gasteiger partial charge >= 0.3 is 0 Å². The van der Waals surface area contributed by atoms with Crippen LogP contribution in [0, 0.1) is 0 Å². The molecule has 0 fully saturated rings. The number of amidine groups is 1. The van der Waals surface area contributed by atoms with E-state index in [0.717, 1.165) is 12.8 Å². The van der Waals surface area contributed by atoms with Gasteiger partial charge in [-0.2, -0.15) is 0 Å². The Hall–Kier alpha value is -1.06. The highest BCUT2D eigenvalue weighted by molar-refractivity contribution is 6.39. The van der Waals surface area contributed by atoms with Crippen LogP contribution in [0.3, 0.4) is 0 Å². The Balaban J connectivity index is 2.81. The molecule has 1 amide bonds. The van der Waals surface area contributed by atoms with Crippen LogP contribution in [0.4, 0.5) is 0 Å². The Morgan fingerprint density at radius 3 is 2.54 bits per heavy atom. The molecule has 0 spiro atoms. The normalized spacial score (nSPS) is 27.1. The van der Waals surface area contributed by atoms with Gasteiger partial charge in [-0.3, -0.25) is 4.79 Å². The molecule has 1 unspecified atom stereocenters. The van der Waals surface area contributed by atoms with Gasteiger partial charge < -0.3 is 10.2 Å². The zero-order valence-electron chi connectivity index (χ0n) is 8.72. The summed E-state index contributed by atoms with van der Waals surface area (Å²) in [6.07, 6.45) is 1.90. The van der Waals surface area contributed by atoms with E-state index >= 15 is 0 Å². The van der Waals surface area contributed by atoms with E-state index in [1.54, 1.807) is 4.90 Å². The maximum absolute atomic E-state index is 11.4. The summed E-state index contributed by atoms with van der Waals surface area (Å²) in [5, 5.41) is 2.88. The quantitative estimate of drug-likeness (QED) is 0.681. The van der Waals surface area contributed by atoms with E-state index in [2.05, 4.69) is 17.2 Å². The zero-order chi connectivity index (χ0) is 10.1. The van der Waals surface area contributed by atoms with Crippen LogP contribution >= 0.6 is 0 Å². The lowest BCUT2D eigenvalue weighted by Crippen LogP contribution is -2.41. The van der Waals surface area contributed by atoms with Crippen LogP contribution in [0.15, 0.2) is 4.99 Å². The molecule has 1 aliphatic rings. The fourth-order valence-electron chi connectivity index (χ4n) is 1.52. The van der Waals surface area contributed by atoms with Crippen molar-refractivity contribution in [2.75, 3.05) is 14.1 Å². The van der Waals surface area contributed by atoms with E-state index in [9.17, 15) is 4.79 Å². The summed E-state index contributed by atoms with van der Waals surface area (Å²) in [6, 6.07) is 0. The smallest absolute Gasteiger partial charge is 0.288 e. The predicted octanol–water partition coefficient (Wildman–Crippen LogP) is 0.593. The maximum Gasteiger partial charge on any atom is 0.288 e. The van der Waals surface area contributed by atoms with E-state index in [4.69, 9.17) is 0 Å². The molecule has 1 rings (SSSR count). The number of nitrogens with zero attached hydrogens (tertiary/aromatic N) is 2. The second kappa shape index (κ2) is 3.36. The summed E-state index contributed by atoms with van der Waals surface area (Å²) in [5.41, 5.74) is -0.383. The number of hydrogen-bond donors (Lipinski definition) is 1. The van der Waals surface area contributed by atoms with Crippen molar-refractivity contribution in [2.45, 2.75) is 32.4 Å². The maximum atomic E-state index is 11.4. The second-order valence-electron chi connectivity index (χ2n) is 3.81. The fraction of sp³-hybridized carbons (Fsp3) is 0.778. The molecule has 0 aromatic rings. The van der Waals surface area contributed by atoms with E-state index in [1.807, 2.05) is 21.0 Å². The van der Waals surface area contributed by atoms with Crippen molar-refractivity contribution in [2.24, 2.45) is 4.99 Å². The highest BCUT2D eigenvalue weighted by atomic mass is 16.2.